The summed E-state index contributed by atoms with van der Waals surface area (Å²) in [6, 6.07) is 3.67. The second-order valence-electron chi connectivity index (χ2n) is 4.97. The number of methoxy groups -OCH3 is 1. The minimum Gasteiger partial charge on any atom is -0.463 e. The van der Waals surface area contributed by atoms with E-state index >= 15 is 0 Å². The standard InChI is InChI=1S/C13H16O3/c1-15-13(14)12-5-4-11(16-12)10-7-8-2-3-9(10)6-8/h4-5,8-10H,2-3,6-7H2,1H3. The van der Waals surface area contributed by atoms with Crippen LogP contribution in [0, 0.1) is 11.8 Å². The van der Waals surface area contributed by atoms with Crippen LogP contribution in [0.2, 0.25) is 0 Å². The largest absolute Gasteiger partial charge is 0.463 e. The first-order chi connectivity index (χ1) is 7.78. The first kappa shape index (κ1) is 9.94. The highest BCUT2D eigenvalue weighted by atomic mass is 16.5. The van der Waals surface area contributed by atoms with Crippen LogP contribution in [0.1, 0.15) is 47.9 Å². The number of rotatable bonds is 2. The van der Waals surface area contributed by atoms with Gasteiger partial charge in [-0.05, 0) is 43.2 Å². The Bertz CT molecular complexity index is 407. The van der Waals surface area contributed by atoms with Crippen LogP contribution in [0.5, 0.6) is 0 Å². The summed E-state index contributed by atoms with van der Waals surface area (Å²) in [6.07, 6.45) is 5.28. The Balaban J connectivity index is 1.80. The number of carbonyl (C=O) groups excluding carboxylic acids is 1. The van der Waals surface area contributed by atoms with Crippen molar-refractivity contribution in [1.82, 2.24) is 0 Å². The quantitative estimate of drug-likeness (QED) is 0.719. The van der Waals surface area contributed by atoms with Crippen molar-refractivity contribution in [2.75, 3.05) is 7.11 Å². The number of esters is 1. The van der Waals surface area contributed by atoms with Gasteiger partial charge in [0.15, 0.2) is 0 Å². The lowest BCUT2D eigenvalue weighted by Gasteiger charge is -2.18. The van der Waals surface area contributed by atoms with Crippen molar-refractivity contribution in [3.8, 4) is 0 Å². The number of hydrogen-bond donors (Lipinski definition) is 0. The zero-order valence-corrected chi connectivity index (χ0v) is 9.44. The predicted molar refractivity (Wildman–Crippen MR) is 58.2 cm³/mol. The highest BCUT2D eigenvalue weighted by Crippen LogP contribution is 2.53. The third-order valence-electron chi connectivity index (χ3n) is 4.12. The van der Waals surface area contributed by atoms with E-state index < -0.39 is 0 Å². The molecule has 1 heterocycles. The van der Waals surface area contributed by atoms with E-state index in [-0.39, 0.29) is 5.97 Å². The van der Waals surface area contributed by atoms with E-state index in [1.807, 2.05) is 6.07 Å². The Morgan fingerprint density at radius 1 is 1.38 bits per heavy atom. The Morgan fingerprint density at radius 3 is 2.88 bits per heavy atom. The molecule has 1 aromatic heterocycles. The van der Waals surface area contributed by atoms with E-state index in [1.165, 1.54) is 32.8 Å². The molecule has 3 unspecified atom stereocenters. The average Bonchev–Trinajstić information content (AvgIpc) is 3.02. The first-order valence-corrected chi connectivity index (χ1v) is 5.96. The fourth-order valence-electron chi connectivity index (χ4n) is 3.36. The molecule has 0 radical (unpaired) electrons. The fraction of sp³-hybridized carbons (Fsp3) is 0.615. The Hall–Kier alpha value is -1.25. The van der Waals surface area contributed by atoms with Crippen LogP contribution in [-0.2, 0) is 4.74 Å². The molecular weight excluding hydrogens is 204 g/mol. The van der Waals surface area contributed by atoms with Crippen LogP contribution in [-0.4, -0.2) is 13.1 Å². The molecule has 0 saturated heterocycles. The molecule has 2 aliphatic carbocycles. The van der Waals surface area contributed by atoms with Crippen molar-refractivity contribution >= 4 is 5.97 Å². The topological polar surface area (TPSA) is 39.4 Å². The van der Waals surface area contributed by atoms with Crippen LogP contribution in [0.3, 0.4) is 0 Å². The number of furan rings is 1. The van der Waals surface area contributed by atoms with Gasteiger partial charge in [0.05, 0.1) is 7.11 Å². The molecule has 16 heavy (non-hydrogen) atoms. The average molecular weight is 220 g/mol. The normalized spacial score (nSPS) is 31.9. The highest BCUT2D eigenvalue weighted by molar-refractivity contribution is 5.86. The summed E-state index contributed by atoms with van der Waals surface area (Å²) in [5.41, 5.74) is 0. The number of fused-ring (bicyclic) bond motifs is 2. The molecule has 2 bridgehead atoms. The Morgan fingerprint density at radius 2 is 2.25 bits per heavy atom. The minimum absolute atomic E-state index is 0.334. The maximum atomic E-state index is 11.3. The molecule has 2 aliphatic rings. The monoisotopic (exact) mass is 220 g/mol. The van der Waals surface area contributed by atoms with Gasteiger partial charge in [0, 0.05) is 5.92 Å². The zero-order chi connectivity index (χ0) is 11.1. The van der Waals surface area contributed by atoms with Gasteiger partial charge in [0.1, 0.15) is 5.76 Å². The van der Waals surface area contributed by atoms with Crippen LogP contribution in [0.4, 0.5) is 0 Å². The third-order valence-corrected chi connectivity index (χ3v) is 4.12. The molecule has 0 amide bonds. The zero-order valence-electron chi connectivity index (χ0n) is 9.44. The van der Waals surface area contributed by atoms with Gasteiger partial charge in [0.2, 0.25) is 5.76 Å². The van der Waals surface area contributed by atoms with Crippen molar-refractivity contribution in [2.24, 2.45) is 11.8 Å². The van der Waals surface area contributed by atoms with Crippen LogP contribution in [0.25, 0.3) is 0 Å². The molecule has 3 nitrogen and oxygen atoms in total. The molecule has 0 spiro atoms. The van der Waals surface area contributed by atoms with Gasteiger partial charge in [0.25, 0.3) is 0 Å². The predicted octanol–water partition coefficient (Wildman–Crippen LogP) is 2.97. The number of hydrogen-bond acceptors (Lipinski definition) is 3. The van der Waals surface area contributed by atoms with Gasteiger partial charge in [-0.2, -0.15) is 0 Å². The van der Waals surface area contributed by atoms with Crippen molar-refractivity contribution in [1.29, 1.82) is 0 Å². The summed E-state index contributed by atoms with van der Waals surface area (Å²) in [5.74, 6) is 3.14. The van der Waals surface area contributed by atoms with Crippen molar-refractivity contribution in [2.45, 2.75) is 31.6 Å². The van der Waals surface area contributed by atoms with Crippen LogP contribution in [0.15, 0.2) is 16.5 Å². The second-order valence-corrected chi connectivity index (χ2v) is 4.97. The summed E-state index contributed by atoms with van der Waals surface area (Å²) < 4.78 is 10.2. The van der Waals surface area contributed by atoms with Crippen molar-refractivity contribution in [3.63, 3.8) is 0 Å². The molecule has 86 valence electrons. The molecule has 3 heteroatoms. The van der Waals surface area contributed by atoms with Crippen molar-refractivity contribution in [3.05, 3.63) is 23.7 Å². The van der Waals surface area contributed by atoms with E-state index in [1.54, 1.807) is 6.07 Å². The summed E-state index contributed by atoms with van der Waals surface area (Å²) in [4.78, 5) is 11.3. The molecule has 2 fully saturated rings. The number of carbonyl (C=O) groups is 1. The summed E-state index contributed by atoms with van der Waals surface area (Å²) in [7, 11) is 1.38. The van der Waals surface area contributed by atoms with E-state index in [9.17, 15) is 4.79 Å². The van der Waals surface area contributed by atoms with Crippen molar-refractivity contribution < 1.29 is 13.9 Å². The molecule has 2 saturated carbocycles. The second kappa shape index (κ2) is 3.65. The van der Waals surface area contributed by atoms with E-state index in [2.05, 4.69) is 4.74 Å². The van der Waals surface area contributed by atoms with E-state index in [0.717, 1.165) is 17.6 Å². The molecule has 0 aliphatic heterocycles. The highest BCUT2D eigenvalue weighted by Gasteiger charge is 2.41. The van der Waals surface area contributed by atoms with Gasteiger partial charge in [-0.25, -0.2) is 4.79 Å². The fourth-order valence-corrected chi connectivity index (χ4v) is 3.36. The molecular formula is C13H16O3. The molecule has 0 N–H and O–H groups in total. The number of ether oxygens (including phenoxy) is 1. The third kappa shape index (κ3) is 1.46. The lowest BCUT2D eigenvalue weighted by molar-refractivity contribution is 0.0561. The summed E-state index contributed by atoms with van der Waals surface area (Å²) >= 11 is 0. The lowest BCUT2D eigenvalue weighted by Crippen LogP contribution is -2.07. The van der Waals surface area contributed by atoms with E-state index in [4.69, 9.17) is 4.42 Å². The van der Waals surface area contributed by atoms with Crippen LogP contribution >= 0.6 is 0 Å². The van der Waals surface area contributed by atoms with Gasteiger partial charge >= 0.3 is 5.97 Å². The smallest absolute Gasteiger partial charge is 0.373 e. The minimum atomic E-state index is -0.380. The SMILES string of the molecule is COC(=O)c1ccc(C2CC3CCC2C3)o1. The van der Waals surface area contributed by atoms with Gasteiger partial charge in [-0.1, -0.05) is 6.42 Å². The Labute approximate surface area is 94.8 Å². The maximum absolute atomic E-state index is 11.3. The molecule has 3 rings (SSSR count). The van der Waals surface area contributed by atoms with Gasteiger partial charge in [-0.15, -0.1) is 0 Å². The van der Waals surface area contributed by atoms with Gasteiger partial charge < -0.3 is 9.15 Å². The van der Waals surface area contributed by atoms with Gasteiger partial charge in [-0.3, -0.25) is 0 Å². The summed E-state index contributed by atoms with van der Waals surface area (Å²) in [6.45, 7) is 0. The molecule has 0 aromatic carbocycles. The van der Waals surface area contributed by atoms with E-state index in [0.29, 0.717) is 11.7 Å². The summed E-state index contributed by atoms with van der Waals surface area (Å²) in [5, 5.41) is 0. The molecule has 3 atom stereocenters. The molecule has 1 aromatic rings. The Kier molecular flexibility index (Phi) is 2.27. The van der Waals surface area contributed by atoms with Crippen LogP contribution < -0.4 is 0 Å². The maximum Gasteiger partial charge on any atom is 0.373 e. The lowest BCUT2D eigenvalue weighted by atomic mass is 9.87. The first-order valence-electron chi connectivity index (χ1n) is 5.96.